The molecule has 0 unspecified atom stereocenters. The molecule has 0 aliphatic heterocycles. The predicted octanol–water partition coefficient (Wildman–Crippen LogP) is 4.25. The molecule has 0 aromatic carbocycles. The normalized spacial score (nSPS) is 47.5. The second-order valence-corrected chi connectivity index (χ2v) is 6.50. The maximum Gasteiger partial charge on any atom is -0.0218 e. The van der Waals surface area contributed by atoms with Crippen molar-refractivity contribution < 1.29 is 0 Å². The van der Waals surface area contributed by atoms with Gasteiger partial charge < -0.3 is 0 Å². The third kappa shape index (κ3) is 0.831. The van der Waals surface area contributed by atoms with Gasteiger partial charge in [0.25, 0.3) is 0 Å². The Bertz CT molecular complexity index is 214. The lowest BCUT2D eigenvalue weighted by molar-refractivity contribution is 0.0435. The molecule has 2 aliphatic rings. The van der Waals surface area contributed by atoms with Crippen LogP contribution in [0.5, 0.6) is 0 Å². The first-order chi connectivity index (χ1) is 5.86. The molecule has 0 heteroatoms. The van der Waals surface area contributed by atoms with Crippen LogP contribution in [0.25, 0.3) is 0 Å². The van der Waals surface area contributed by atoms with Gasteiger partial charge in [-0.2, -0.15) is 0 Å². The quantitative estimate of drug-likeness (QED) is 0.566. The van der Waals surface area contributed by atoms with E-state index in [4.69, 9.17) is 0 Å². The van der Waals surface area contributed by atoms with Crippen molar-refractivity contribution in [1.29, 1.82) is 0 Å². The largest absolute Gasteiger partial charge is 0.0622 e. The highest BCUT2D eigenvalue weighted by atomic mass is 14.7. The number of hydrogen-bond donors (Lipinski definition) is 0. The molecule has 2 aliphatic carbocycles. The van der Waals surface area contributed by atoms with Crippen LogP contribution < -0.4 is 0 Å². The molecule has 0 N–H and O–H groups in total. The molecule has 0 amide bonds. The molecule has 2 fully saturated rings. The van der Waals surface area contributed by atoms with Crippen LogP contribution in [-0.4, -0.2) is 0 Å². The van der Waals surface area contributed by atoms with Crippen molar-refractivity contribution in [3.8, 4) is 0 Å². The van der Waals surface area contributed by atoms with Crippen LogP contribution in [0.1, 0.15) is 60.3 Å². The van der Waals surface area contributed by atoms with Crippen LogP contribution >= 0.6 is 0 Å². The van der Waals surface area contributed by atoms with Crippen molar-refractivity contribution in [2.24, 2.45) is 22.2 Å². The van der Waals surface area contributed by atoms with Gasteiger partial charge in [0.05, 0.1) is 0 Å². The van der Waals surface area contributed by atoms with Gasteiger partial charge in [0.2, 0.25) is 0 Å². The van der Waals surface area contributed by atoms with Crippen molar-refractivity contribution in [3.63, 3.8) is 0 Å². The van der Waals surface area contributed by atoms with Gasteiger partial charge in [-0.1, -0.05) is 34.6 Å². The second kappa shape index (κ2) is 2.32. The van der Waals surface area contributed by atoms with Crippen molar-refractivity contribution in [2.45, 2.75) is 60.3 Å². The molecule has 0 radical (unpaired) electrons. The topological polar surface area (TPSA) is 0 Å². The van der Waals surface area contributed by atoms with Gasteiger partial charge in [0.15, 0.2) is 0 Å². The first-order valence-electron chi connectivity index (χ1n) is 5.86. The van der Waals surface area contributed by atoms with Crippen LogP contribution in [0.2, 0.25) is 0 Å². The molecular formula is C13H24. The molecule has 0 aromatic rings. The van der Waals surface area contributed by atoms with Gasteiger partial charge in [-0.05, 0) is 47.8 Å². The second-order valence-electron chi connectivity index (χ2n) is 6.50. The van der Waals surface area contributed by atoms with Crippen LogP contribution in [0.15, 0.2) is 0 Å². The van der Waals surface area contributed by atoms with E-state index in [2.05, 4.69) is 34.6 Å². The fourth-order valence-corrected chi connectivity index (χ4v) is 4.40. The summed E-state index contributed by atoms with van der Waals surface area (Å²) in [5.74, 6) is 0.867. The SMILES string of the molecule is CC(C)C12CCC(C)(CC1)C2(C)C. The molecule has 0 atom stereocenters. The minimum absolute atomic E-state index is 0.578. The van der Waals surface area contributed by atoms with E-state index >= 15 is 0 Å². The van der Waals surface area contributed by atoms with E-state index in [0.717, 1.165) is 5.92 Å². The Balaban J connectivity index is 2.44. The van der Waals surface area contributed by atoms with E-state index in [1.54, 1.807) is 0 Å². The molecule has 0 aromatic heterocycles. The minimum atomic E-state index is 0.578. The third-order valence-electron chi connectivity index (χ3n) is 6.10. The first-order valence-corrected chi connectivity index (χ1v) is 5.86. The molecule has 2 bridgehead atoms. The smallest absolute Gasteiger partial charge is 0.0218 e. The Morgan fingerprint density at radius 1 is 0.846 bits per heavy atom. The molecule has 2 saturated carbocycles. The van der Waals surface area contributed by atoms with Crippen LogP contribution in [0.3, 0.4) is 0 Å². The van der Waals surface area contributed by atoms with Crippen molar-refractivity contribution in [1.82, 2.24) is 0 Å². The lowest BCUT2D eigenvalue weighted by Gasteiger charge is -2.44. The predicted molar refractivity (Wildman–Crippen MR) is 57.6 cm³/mol. The van der Waals surface area contributed by atoms with E-state index in [0.29, 0.717) is 16.2 Å². The van der Waals surface area contributed by atoms with Gasteiger partial charge in [0, 0.05) is 0 Å². The van der Waals surface area contributed by atoms with Crippen molar-refractivity contribution in [3.05, 3.63) is 0 Å². The summed E-state index contributed by atoms with van der Waals surface area (Å²) >= 11 is 0. The van der Waals surface area contributed by atoms with Crippen LogP contribution in [-0.2, 0) is 0 Å². The highest BCUT2D eigenvalue weighted by molar-refractivity contribution is 5.14. The van der Waals surface area contributed by atoms with Crippen LogP contribution in [0.4, 0.5) is 0 Å². The van der Waals surface area contributed by atoms with Crippen molar-refractivity contribution in [2.75, 3.05) is 0 Å². The summed E-state index contributed by atoms with van der Waals surface area (Å²) in [6, 6.07) is 0. The van der Waals surface area contributed by atoms with E-state index in [-0.39, 0.29) is 0 Å². The lowest BCUT2D eigenvalue weighted by Crippen LogP contribution is -2.37. The molecule has 0 saturated heterocycles. The van der Waals surface area contributed by atoms with E-state index in [1.165, 1.54) is 25.7 Å². The lowest BCUT2D eigenvalue weighted by atomic mass is 9.61. The van der Waals surface area contributed by atoms with Gasteiger partial charge >= 0.3 is 0 Å². The summed E-state index contributed by atoms with van der Waals surface area (Å²) in [7, 11) is 0. The highest BCUT2D eigenvalue weighted by Gasteiger charge is 2.65. The molecule has 0 spiro atoms. The Hall–Kier alpha value is 0. The number of hydrogen-bond acceptors (Lipinski definition) is 0. The van der Waals surface area contributed by atoms with Gasteiger partial charge in [0.1, 0.15) is 0 Å². The molecular weight excluding hydrogens is 156 g/mol. The van der Waals surface area contributed by atoms with Crippen molar-refractivity contribution >= 4 is 0 Å². The zero-order valence-corrected chi connectivity index (χ0v) is 9.91. The van der Waals surface area contributed by atoms with Gasteiger partial charge in [-0.15, -0.1) is 0 Å². The summed E-state index contributed by atoms with van der Waals surface area (Å²) in [6.07, 6.45) is 5.90. The maximum atomic E-state index is 2.52. The Morgan fingerprint density at radius 2 is 1.31 bits per heavy atom. The molecule has 0 nitrogen and oxygen atoms in total. The number of rotatable bonds is 1. The Kier molecular flexibility index (Phi) is 1.71. The summed E-state index contributed by atoms with van der Waals surface area (Å²) in [5, 5.41) is 0. The molecule has 76 valence electrons. The summed E-state index contributed by atoms with van der Waals surface area (Å²) in [5.41, 5.74) is 1.90. The average molecular weight is 180 g/mol. The van der Waals surface area contributed by atoms with E-state index in [9.17, 15) is 0 Å². The maximum absolute atomic E-state index is 2.52. The van der Waals surface area contributed by atoms with E-state index < -0.39 is 0 Å². The van der Waals surface area contributed by atoms with Gasteiger partial charge in [-0.25, -0.2) is 0 Å². The van der Waals surface area contributed by atoms with Crippen LogP contribution in [0, 0.1) is 22.2 Å². The summed E-state index contributed by atoms with van der Waals surface area (Å²) < 4.78 is 0. The third-order valence-corrected chi connectivity index (χ3v) is 6.10. The zero-order valence-electron chi connectivity index (χ0n) is 9.91. The average Bonchev–Trinajstić information content (AvgIpc) is 2.34. The fraction of sp³-hybridized carbons (Fsp3) is 1.00. The van der Waals surface area contributed by atoms with Gasteiger partial charge in [-0.3, -0.25) is 0 Å². The highest BCUT2D eigenvalue weighted by Crippen LogP contribution is 2.74. The first kappa shape index (κ1) is 9.55. The summed E-state index contributed by atoms with van der Waals surface area (Å²) in [4.78, 5) is 0. The fourth-order valence-electron chi connectivity index (χ4n) is 4.40. The molecule has 0 heterocycles. The Morgan fingerprint density at radius 3 is 1.46 bits per heavy atom. The van der Waals surface area contributed by atoms with E-state index in [1.807, 2.05) is 0 Å². The zero-order chi connectivity index (χ0) is 9.91. The molecule has 2 rings (SSSR count). The minimum Gasteiger partial charge on any atom is -0.0622 e. The molecule has 13 heavy (non-hydrogen) atoms. The standard InChI is InChI=1S/C13H24/c1-10(2)13-8-6-12(5,7-9-13)11(13,3)4/h10H,6-9H2,1-5H3. The number of fused-ring (bicyclic) bond motifs is 2. The Labute approximate surface area is 83.1 Å². The summed E-state index contributed by atoms with van der Waals surface area (Å²) in [6.45, 7) is 12.4. The monoisotopic (exact) mass is 180 g/mol.